The highest BCUT2D eigenvalue weighted by atomic mass is 19.1. The molecular weight excluding hydrogens is 769 g/mol. The van der Waals surface area contributed by atoms with Crippen molar-refractivity contribution in [2.75, 3.05) is 48.1 Å². The van der Waals surface area contributed by atoms with Crippen LogP contribution in [0.5, 0.6) is 34.5 Å². The van der Waals surface area contributed by atoms with Crippen LogP contribution in [0.1, 0.15) is 61.5 Å². The summed E-state index contributed by atoms with van der Waals surface area (Å²) in [5, 5.41) is 21.3. The number of carbonyl (C=O) groups is 5. The normalized spacial score (nSPS) is 18.4. The average Bonchev–Trinajstić information content (AvgIpc) is 3.21. The number of hydrogen-bond acceptors (Lipinski definition) is 11. The zero-order valence-electron chi connectivity index (χ0n) is 34.4. The first-order valence-electron chi connectivity index (χ1n) is 19.3. The van der Waals surface area contributed by atoms with Crippen LogP contribution in [-0.4, -0.2) is 106 Å². The molecule has 0 spiro atoms. The van der Waals surface area contributed by atoms with Gasteiger partial charge in [0.05, 0.1) is 41.0 Å². The van der Waals surface area contributed by atoms with E-state index < -0.39 is 47.6 Å². The van der Waals surface area contributed by atoms with E-state index in [1.807, 2.05) is 6.92 Å². The van der Waals surface area contributed by atoms with Crippen LogP contribution in [0.3, 0.4) is 0 Å². The molecule has 1 heterocycles. The number of halogens is 1. The van der Waals surface area contributed by atoms with Gasteiger partial charge < -0.3 is 55.0 Å². The van der Waals surface area contributed by atoms with Crippen molar-refractivity contribution in [1.82, 2.24) is 26.2 Å². The molecular formula is C42H54FN5O11. The fourth-order valence-electron chi connectivity index (χ4n) is 6.42. The Morgan fingerprint density at radius 3 is 2.19 bits per heavy atom. The molecule has 0 unspecified atom stereocenters. The van der Waals surface area contributed by atoms with Crippen molar-refractivity contribution in [1.29, 1.82) is 0 Å². The topological polar surface area (TPSA) is 203 Å². The lowest BCUT2D eigenvalue weighted by Crippen LogP contribution is -2.58. The second-order valence-electron chi connectivity index (χ2n) is 14.1. The highest BCUT2D eigenvalue weighted by molar-refractivity contribution is 5.95. The van der Waals surface area contributed by atoms with Crippen LogP contribution in [0.4, 0.5) is 4.39 Å². The van der Waals surface area contributed by atoms with Crippen molar-refractivity contribution < 1.29 is 57.2 Å². The van der Waals surface area contributed by atoms with Gasteiger partial charge in [-0.15, -0.1) is 0 Å². The minimum atomic E-state index is -1.41. The summed E-state index contributed by atoms with van der Waals surface area (Å²) in [5.74, 6) is -2.27. The average molecular weight is 824 g/mol. The third-order valence-electron chi connectivity index (χ3n) is 9.86. The van der Waals surface area contributed by atoms with Crippen molar-refractivity contribution in [2.24, 2.45) is 5.92 Å². The summed E-state index contributed by atoms with van der Waals surface area (Å²) in [5.41, 5.74) is 1.09. The predicted octanol–water partition coefficient (Wildman–Crippen LogP) is 3.26. The van der Waals surface area contributed by atoms with Crippen molar-refractivity contribution >= 4 is 29.5 Å². The van der Waals surface area contributed by atoms with Gasteiger partial charge >= 0.3 is 0 Å². The Labute approximate surface area is 343 Å². The van der Waals surface area contributed by atoms with Crippen molar-refractivity contribution in [3.63, 3.8) is 0 Å². The van der Waals surface area contributed by atoms with E-state index in [1.165, 1.54) is 70.6 Å². The van der Waals surface area contributed by atoms with Crippen LogP contribution in [-0.2, 0) is 32.1 Å². The molecule has 5 amide bonds. The molecule has 320 valence electrons. The van der Waals surface area contributed by atoms with Crippen molar-refractivity contribution in [3.8, 4) is 34.5 Å². The zero-order valence-corrected chi connectivity index (χ0v) is 34.4. The molecule has 3 aromatic rings. The lowest BCUT2D eigenvalue weighted by molar-refractivity contribution is -0.135. The first-order valence-corrected chi connectivity index (χ1v) is 19.3. The number of nitrogens with one attached hydrogen (secondary N) is 4. The standard InChI is InChI=1S/C42H54FN5O11/c1-8-24(2)37-41(53)45-23-27-16-29(43)22-30(17-27)59-32-21-28(11-12-31(32)55-4)40(52)44-13-15-48(14-9-10-35(50)46-38(25(3)49)42(54)47-37)36(51)20-26-18-33(56-5)39(58-7)34(19-26)57-6/h11-12,16-19,21-22,24-25,37-38,49H,8-10,13-15,20,23H2,1-7H3,(H,44,52)(H,45,53)(H,46,50)(H,47,54)/t24-,25+,37-,38-/m0/s1. The second kappa shape index (κ2) is 21.6. The molecule has 1 aliphatic rings. The van der Waals surface area contributed by atoms with Crippen LogP contribution in [0.25, 0.3) is 0 Å². The second-order valence-corrected chi connectivity index (χ2v) is 14.1. The number of methoxy groups -OCH3 is 4. The summed E-state index contributed by atoms with van der Waals surface area (Å²) in [6.07, 6.45) is -0.895. The van der Waals surface area contributed by atoms with Gasteiger partial charge in [-0.2, -0.15) is 0 Å². The van der Waals surface area contributed by atoms with E-state index in [9.17, 15) is 33.5 Å². The molecule has 16 nitrogen and oxygen atoms in total. The SMILES string of the molecule is CC[C@H](C)[C@@H]1NC(=O)[C@H]([C@@H](C)O)NC(=O)CCCN(C(=O)Cc2cc(OC)c(OC)c(OC)c2)CCNC(=O)c2ccc(OC)c(c2)Oc2cc(F)cc(c2)CNC1=O. The number of nitrogens with zero attached hydrogens (tertiary/aromatic N) is 1. The highest BCUT2D eigenvalue weighted by Crippen LogP contribution is 2.38. The maximum atomic E-state index is 14.9. The third-order valence-corrected chi connectivity index (χ3v) is 9.86. The van der Waals surface area contributed by atoms with Gasteiger partial charge in [0.25, 0.3) is 5.91 Å². The molecule has 0 saturated carbocycles. The van der Waals surface area contributed by atoms with E-state index in [2.05, 4.69) is 21.3 Å². The first-order chi connectivity index (χ1) is 28.2. The summed E-state index contributed by atoms with van der Waals surface area (Å²) < 4.78 is 42.7. The predicted molar refractivity (Wildman–Crippen MR) is 214 cm³/mol. The van der Waals surface area contributed by atoms with Crippen LogP contribution in [0.15, 0.2) is 48.5 Å². The zero-order chi connectivity index (χ0) is 43.2. The van der Waals surface area contributed by atoms with Gasteiger partial charge in [0.15, 0.2) is 23.0 Å². The summed E-state index contributed by atoms with van der Waals surface area (Å²) in [6, 6.07) is 9.18. The summed E-state index contributed by atoms with van der Waals surface area (Å²) in [4.78, 5) is 69.0. The van der Waals surface area contributed by atoms with Crippen molar-refractivity contribution in [2.45, 2.75) is 71.2 Å². The Morgan fingerprint density at radius 2 is 1.56 bits per heavy atom. The quantitative estimate of drug-likeness (QED) is 0.212. The van der Waals surface area contributed by atoms with Gasteiger partial charge in [0, 0.05) is 44.2 Å². The summed E-state index contributed by atoms with van der Waals surface area (Å²) >= 11 is 0. The molecule has 3 aromatic carbocycles. The summed E-state index contributed by atoms with van der Waals surface area (Å²) in [7, 11) is 5.80. The molecule has 17 heteroatoms. The lowest BCUT2D eigenvalue weighted by atomic mass is 9.97. The van der Waals surface area contributed by atoms with Gasteiger partial charge in [-0.05, 0) is 72.9 Å². The first kappa shape index (κ1) is 45.6. The van der Waals surface area contributed by atoms with Crippen LogP contribution in [0.2, 0.25) is 0 Å². The number of benzene rings is 3. The van der Waals surface area contributed by atoms with E-state index in [0.29, 0.717) is 34.8 Å². The Balaban J connectivity index is 1.67. The number of ether oxygens (including phenoxy) is 5. The number of carbonyl (C=O) groups excluding carboxylic acids is 5. The van der Waals surface area contributed by atoms with Gasteiger partial charge in [-0.25, -0.2) is 4.39 Å². The number of rotatable bonds is 9. The summed E-state index contributed by atoms with van der Waals surface area (Å²) in [6.45, 7) is 4.98. The Kier molecular flexibility index (Phi) is 16.7. The molecule has 4 rings (SSSR count). The molecule has 0 radical (unpaired) electrons. The van der Waals surface area contributed by atoms with Gasteiger partial charge in [-0.1, -0.05) is 20.3 Å². The molecule has 1 aliphatic heterocycles. The van der Waals surface area contributed by atoms with E-state index in [-0.39, 0.29) is 80.1 Å². The Bertz CT molecular complexity index is 1950. The van der Waals surface area contributed by atoms with Crippen LogP contribution >= 0.6 is 0 Å². The maximum Gasteiger partial charge on any atom is 0.251 e. The maximum absolute atomic E-state index is 14.9. The molecule has 0 saturated heterocycles. The van der Waals surface area contributed by atoms with E-state index in [0.717, 1.165) is 6.07 Å². The van der Waals surface area contributed by atoms with Gasteiger partial charge in [-0.3, -0.25) is 24.0 Å². The minimum absolute atomic E-state index is 0.0227. The Hall–Kier alpha value is -6.10. The van der Waals surface area contributed by atoms with Gasteiger partial charge in [0.2, 0.25) is 29.4 Å². The third kappa shape index (κ3) is 12.4. The van der Waals surface area contributed by atoms with E-state index in [1.54, 1.807) is 19.1 Å². The van der Waals surface area contributed by atoms with Gasteiger partial charge in [0.1, 0.15) is 23.7 Å². The number of hydrogen-bond donors (Lipinski definition) is 5. The fourth-order valence-corrected chi connectivity index (χ4v) is 6.42. The molecule has 4 bridgehead atoms. The van der Waals surface area contributed by atoms with Crippen molar-refractivity contribution in [3.05, 3.63) is 71.0 Å². The highest BCUT2D eigenvalue weighted by Gasteiger charge is 2.32. The number of aliphatic hydroxyl groups is 1. The number of fused-ring (bicyclic) bond motifs is 4. The minimum Gasteiger partial charge on any atom is -0.493 e. The Morgan fingerprint density at radius 1 is 0.864 bits per heavy atom. The van der Waals surface area contributed by atoms with Crippen LogP contribution < -0.4 is 45.0 Å². The smallest absolute Gasteiger partial charge is 0.251 e. The molecule has 0 aliphatic carbocycles. The monoisotopic (exact) mass is 823 g/mol. The van der Waals surface area contributed by atoms with Crippen LogP contribution in [0, 0.1) is 11.7 Å². The molecule has 59 heavy (non-hydrogen) atoms. The molecule has 5 N–H and O–H groups in total. The van der Waals surface area contributed by atoms with E-state index >= 15 is 0 Å². The number of aliphatic hydroxyl groups excluding tert-OH is 1. The number of amides is 5. The van der Waals surface area contributed by atoms with E-state index in [4.69, 9.17) is 23.7 Å². The largest absolute Gasteiger partial charge is 0.493 e. The fraction of sp³-hybridized carbons (Fsp3) is 0.452. The molecule has 0 aromatic heterocycles. The molecule has 4 atom stereocenters. The lowest BCUT2D eigenvalue weighted by Gasteiger charge is -2.28. The molecule has 0 fully saturated rings.